The predicted molar refractivity (Wildman–Crippen MR) is 84.1 cm³/mol. The molecule has 1 heterocycles. The van der Waals surface area contributed by atoms with E-state index in [1.807, 2.05) is 18.2 Å². The Balaban J connectivity index is 2.21. The minimum atomic E-state index is -0.0762. The largest absolute Gasteiger partial charge is 0.370 e. The molecule has 4 heteroatoms. The third-order valence-electron chi connectivity index (χ3n) is 3.14. The number of nitrogens with zero attached hydrogens (tertiary/aromatic N) is 1. The highest BCUT2D eigenvalue weighted by Gasteiger charge is 2.19. The molecule has 108 valence electrons. The van der Waals surface area contributed by atoms with Crippen molar-refractivity contribution in [2.24, 2.45) is 0 Å². The smallest absolute Gasteiger partial charge is 0.134 e. The number of aromatic nitrogens is 1. The lowest BCUT2D eigenvalue weighted by molar-refractivity contribution is 0.136. The topological polar surface area (TPSA) is 34.1 Å². The van der Waals surface area contributed by atoms with Gasteiger partial charge < -0.3 is 10.1 Å². The Bertz CT molecular complexity index is 537. The average molecular weight is 290 g/mol. The minimum absolute atomic E-state index is 0.0762. The third-order valence-corrected chi connectivity index (χ3v) is 4.34. The SMILES string of the molecule is COC(c1ccccc1)c1nc(C)c(CNC(C)C)s1. The fourth-order valence-corrected chi connectivity index (χ4v) is 3.15. The van der Waals surface area contributed by atoms with Crippen molar-refractivity contribution >= 4 is 11.3 Å². The van der Waals surface area contributed by atoms with Crippen molar-refractivity contribution in [1.29, 1.82) is 0 Å². The van der Waals surface area contributed by atoms with Gasteiger partial charge in [-0.25, -0.2) is 4.98 Å². The first-order valence-electron chi connectivity index (χ1n) is 6.89. The maximum Gasteiger partial charge on any atom is 0.134 e. The highest BCUT2D eigenvalue weighted by molar-refractivity contribution is 7.11. The number of ether oxygens (including phenoxy) is 1. The zero-order valence-electron chi connectivity index (χ0n) is 12.5. The van der Waals surface area contributed by atoms with Crippen molar-refractivity contribution in [2.75, 3.05) is 7.11 Å². The number of methoxy groups -OCH3 is 1. The van der Waals surface area contributed by atoms with Crippen molar-refractivity contribution in [3.8, 4) is 0 Å². The van der Waals surface area contributed by atoms with Crippen LogP contribution in [0.25, 0.3) is 0 Å². The molecule has 2 aromatic rings. The molecule has 0 bridgehead atoms. The van der Waals surface area contributed by atoms with E-state index in [1.54, 1.807) is 18.4 Å². The molecule has 3 nitrogen and oxygen atoms in total. The van der Waals surface area contributed by atoms with Crippen LogP contribution in [0.2, 0.25) is 0 Å². The molecule has 0 fully saturated rings. The molecule has 1 aromatic carbocycles. The maximum absolute atomic E-state index is 5.64. The molecule has 20 heavy (non-hydrogen) atoms. The van der Waals surface area contributed by atoms with E-state index >= 15 is 0 Å². The van der Waals surface area contributed by atoms with E-state index < -0.39 is 0 Å². The van der Waals surface area contributed by atoms with E-state index in [4.69, 9.17) is 4.74 Å². The van der Waals surface area contributed by atoms with Crippen LogP contribution in [0.5, 0.6) is 0 Å². The first-order chi connectivity index (χ1) is 9.61. The van der Waals surface area contributed by atoms with Gasteiger partial charge in [0.15, 0.2) is 0 Å². The zero-order chi connectivity index (χ0) is 14.5. The van der Waals surface area contributed by atoms with Crippen LogP contribution in [0.1, 0.15) is 41.1 Å². The van der Waals surface area contributed by atoms with Crippen LogP contribution in [0, 0.1) is 6.92 Å². The van der Waals surface area contributed by atoms with Gasteiger partial charge in [0.1, 0.15) is 11.1 Å². The Morgan fingerprint density at radius 2 is 1.95 bits per heavy atom. The van der Waals surface area contributed by atoms with E-state index in [0.717, 1.165) is 22.8 Å². The predicted octanol–water partition coefficient (Wildman–Crippen LogP) is 3.69. The highest BCUT2D eigenvalue weighted by Crippen LogP contribution is 2.30. The number of nitrogens with one attached hydrogen (secondary N) is 1. The Morgan fingerprint density at radius 3 is 2.55 bits per heavy atom. The first-order valence-corrected chi connectivity index (χ1v) is 7.70. The fraction of sp³-hybridized carbons (Fsp3) is 0.438. The highest BCUT2D eigenvalue weighted by atomic mass is 32.1. The maximum atomic E-state index is 5.64. The molecule has 0 aliphatic heterocycles. The Labute approximate surface area is 125 Å². The van der Waals surface area contributed by atoms with Crippen LogP contribution in [-0.2, 0) is 11.3 Å². The van der Waals surface area contributed by atoms with E-state index in [-0.39, 0.29) is 6.10 Å². The van der Waals surface area contributed by atoms with E-state index in [9.17, 15) is 0 Å². The molecule has 0 spiro atoms. The number of aryl methyl sites for hydroxylation is 1. The van der Waals surface area contributed by atoms with Crippen molar-refractivity contribution in [2.45, 2.75) is 39.5 Å². The quantitative estimate of drug-likeness (QED) is 0.881. The summed E-state index contributed by atoms with van der Waals surface area (Å²) in [5.41, 5.74) is 2.24. The summed E-state index contributed by atoms with van der Waals surface area (Å²) < 4.78 is 5.64. The molecule has 1 atom stereocenters. The first kappa shape index (κ1) is 15.2. The molecular weight excluding hydrogens is 268 g/mol. The zero-order valence-corrected chi connectivity index (χ0v) is 13.3. The normalized spacial score (nSPS) is 12.8. The lowest BCUT2D eigenvalue weighted by Gasteiger charge is -2.12. The molecule has 2 rings (SSSR count). The summed E-state index contributed by atoms with van der Waals surface area (Å²) in [6, 6.07) is 10.7. The second-order valence-electron chi connectivity index (χ2n) is 5.12. The summed E-state index contributed by atoms with van der Waals surface area (Å²) in [6.45, 7) is 7.24. The number of hydrogen-bond donors (Lipinski definition) is 1. The summed E-state index contributed by atoms with van der Waals surface area (Å²) in [5, 5.41) is 4.47. The van der Waals surface area contributed by atoms with E-state index in [0.29, 0.717) is 6.04 Å². The van der Waals surface area contributed by atoms with Crippen molar-refractivity contribution in [1.82, 2.24) is 10.3 Å². The summed E-state index contributed by atoms with van der Waals surface area (Å²) in [5.74, 6) is 0. The lowest BCUT2D eigenvalue weighted by atomic mass is 10.1. The second-order valence-corrected chi connectivity index (χ2v) is 6.24. The number of benzene rings is 1. The van der Waals surface area contributed by atoms with Gasteiger partial charge in [-0.3, -0.25) is 0 Å². The summed E-state index contributed by atoms with van der Waals surface area (Å²) in [6.07, 6.45) is -0.0762. The molecule has 0 amide bonds. The fourth-order valence-electron chi connectivity index (χ4n) is 2.03. The number of rotatable bonds is 6. The molecule has 0 radical (unpaired) electrons. The van der Waals surface area contributed by atoms with Gasteiger partial charge in [-0.05, 0) is 12.5 Å². The lowest BCUT2D eigenvalue weighted by Crippen LogP contribution is -2.21. The van der Waals surface area contributed by atoms with Gasteiger partial charge in [-0.15, -0.1) is 11.3 Å². The van der Waals surface area contributed by atoms with Gasteiger partial charge in [-0.1, -0.05) is 44.2 Å². The Hall–Kier alpha value is -1.23. The van der Waals surface area contributed by atoms with Crippen LogP contribution < -0.4 is 5.32 Å². The number of thiazole rings is 1. The molecule has 1 aromatic heterocycles. The van der Waals surface area contributed by atoms with Gasteiger partial charge in [-0.2, -0.15) is 0 Å². The summed E-state index contributed by atoms with van der Waals surface area (Å²) in [4.78, 5) is 5.97. The van der Waals surface area contributed by atoms with Gasteiger partial charge >= 0.3 is 0 Å². The molecule has 0 aliphatic rings. The van der Waals surface area contributed by atoms with Crippen molar-refractivity contribution < 1.29 is 4.74 Å². The standard InChI is InChI=1S/C16H22N2OS/c1-11(2)17-10-14-12(3)18-16(20-14)15(19-4)13-8-6-5-7-9-13/h5-9,11,15,17H,10H2,1-4H3. The van der Waals surface area contributed by atoms with Crippen LogP contribution in [-0.4, -0.2) is 18.1 Å². The van der Waals surface area contributed by atoms with Crippen molar-refractivity contribution in [3.05, 3.63) is 51.5 Å². The van der Waals surface area contributed by atoms with E-state index in [1.165, 1.54) is 4.88 Å². The van der Waals surface area contributed by atoms with Crippen LogP contribution in [0.4, 0.5) is 0 Å². The summed E-state index contributed by atoms with van der Waals surface area (Å²) >= 11 is 1.73. The van der Waals surface area contributed by atoms with Gasteiger partial charge in [0, 0.05) is 24.6 Å². The monoisotopic (exact) mass is 290 g/mol. The van der Waals surface area contributed by atoms with Gasteiger partial charge in [0.05, 0.1) is 5.69 Å². The van der Waals surface area contributed by atoms with Crippen LogP contribution in [0.15, 0.2) is 30.3 Å². The summed E-state index contributed by atoms with van der Waals surface area (Å²) in [7, 11) is 1.74. The van der Waals surface area contributed by atoms with Gasteiger partial charge in [0.2, 0.25) is 0 Å². The van der Waals surface area contributed by atoms with Crippen LogP contribution >= 0.6 is 11.3 Å². The van der Waals surface area contributed by atoms with Crippen molar-refractivity contribution in [3.63, 3.8) is 0 Å². The molecule has 0 saturated carbocycles. The number of hydrogen-bond acceptors (Lipinski definition) is 4. The minimum Gasteiger partial charge on any atom is -0.370 e. The van der Waals surface area contributed by atoms with E-state index in [2.05, 4.69) is 43.2 Å². The molecular formula is C16H22N2OS. The molecule has 0 saturated heterocycles. The molecule has 0 aliphatic carbocycles. The molecule has 1 unspecified atom stereocenters. The van der Waals surface area contributed by atoms with Crippen LogP contribution in [0.3, 0.4) is 0 Å². The van der Waals surface area contributed by atoms with Gasteiger partial charge in [0.25, 0.3) is 0 Å². The average Bonchev–Trinajstić information content (AvgIpc) is 2.79. The second kappa shape index (κ2) is 6.97. The Kier molecular flexibility index (Phi) is 5.29. The Morgan fingerprint density at radius 1 is 1.25 bits per heavy atom. The molecule has 1 N–H and O–H groups in total. The third kappa shape index (κ3) is 3.66.